The molecule has 5 rings (SSSR count). The summed E-state index contributed by atoms with van der Waals surface area (Å²) in [6, 6.07) is 18.8. The van der Waals surface area contributed by atoms with Crippen LogP contribution in [-0.4, -0.2) is 45.7 Å². The number of ether oxygens (including phenoxy) is 1. The Bertz CT molecular complexity index is 1650. The van der Waals surface area contributed by atoms with Crippen LogP contribution in [0.5, 0.6) is 5.75 Å². The first-order valence-electron chi connectivity index (χ1n) is 13.3. The van der Waals surface area contributed by atoms with E-state index in [0.717, 1.165) is 47.3 Å². The van der Waals surface area contributed by atoms with Gasteiger partial charge in [-0.2, -0.15) is 10.2 Å². The number of aryl methyl sites for hydroxylation is 1. The Balaban J connectivity index is 1.32. The molecule has 8 nitrogen and oxygen atoms in total. The quantitative estimate of drug-likeness (QED) is 0.181. The van der Waals surface area contributed by atoms with Crippen LogP contribution in [-0.2, 0) is 7.05 Å². The topological polar surface area (TPSA) is 84.1 Å². The Hall–Kier alpha value is -4.32. The first-order valence-corrected chi connectivity index (χ1v) is 14.3. The maximum absolute atomic E-state index is 13.0. The number of amides is 1. The standard InChI is InChI=1S/C30H29F3N6O2S/c1-19(2)23-7-4-5-8-25(23)39-15-6-16-42-29(39)36-34-18-20-9-14-24-26(17-20)38(3)37-27(24)28(40)35-21-10-12-22(13-11-21)41-30(31,32)33/h4-5,7-14,17-19H,6,15-16H2,1-3H3,(H,35,40). The van der Waals surface area contributed by atoms with Gasteiger partial charge >= 0.3 is 6.36 Å². The zero-order valence-corrected chi connectivity index (χ0v) is 24.0. The van der Waals surface area contributed by atoms with Gasteiger partial charge in [-0.15, -0.1) is 18.3 Å². The summed E-state index contributed by atoms with van der Waals surface area (Å²) in [5.41, 5.74) is 4.42. The molecule has 1 aliphatic heterocycles. The van der Waals surface area contributed by atoms with Gasteiger partial charge in [0.15, 0.2) is 10.9 Å². The number of halogens is 3. The molecule has 1 amide bonds. The third-order valence-corrected chi connectivity index (χ3v) is 7.68. The van der Waals surface area contributed by atoms with Crippen molar-refractivity contribution in [1.82, 2.24) is 9.78 Å². The van der Waals surface area contributed by atoms with E-state index in [0.29, 0.717) is 22.5 Å². The molecule has 1 N–H and O–H groups in total. The second-order valence-corrected chi connectivity index (χ2v) is 11.0. The van der Waals surface area contributed by atoms with Crippen LogP contribution in [0.15, 0.2) is 76.9 Å². The summed E-state index contributed by atoms with van der Waals surface area (Å²) in [7, 11) is 1.73. The number of anilines is 2. The number of aromatic nitrogens is 2. The number of nitrogens with one attached hydrogen (secondary N) is 1. The van der Waals surface area contributed by atoms with Gasteiger partial charge in [0.1, 0.15) is 5.75 Å². The molecule has 0 radical (unpaired) electrons. The van der Waals surface area contributed by atoms with Gasteiger partial charge in [-0.25, -0.2) is 0 Å². The van der Waals surface area contributed by atoms with Crippen molar-refractivity contribution in [3.8, 4) is 5.75 Å². The van der Waals surface area contributed by atoms with Crippen LogP contribution in [0.2, 0.25) is 0 Å². The number of fused-ring (bicyclic) bond motifs is 1. The van der Waals surface area contributed by atoms with E-state index >= 15 is 0 Å². The second-order valence-electron chi connectivity index (χ2n) is 9.97. The van der Waals surface area contributed by atoms with Crippen LogP contribution in [0.3, 0.4) is 0 Å². The monoisotopic (exact) mass is 594 g/mol. The van der Waals surface area contributed by atoms with Gasteiger partial charge in [0, 0.05) is 36.1 Å². The number of thioether (sulfide) groups is 1. The summed E-state index contributed by atoms with van der Waals surface area (Å²) in [4.78, 5) is 15.2. The summed E-state index contributed by atoms with van der Waals surface area (Å²) in [5, 5.41) is 17.4. The van der Waals surface area contributed by atoms with Gasteiger partial charge in [0.25, 0.3) is 5.91 Å². The maximum atomic E-state index is 13.0. The van der Waals surface area contributed by atoms with E-state index in [1.807, 2.05) is 18.2 Å². The molecular formula is C30H29F3N6O2S. The average molecular weight is 595 g/mol. The summed E-state index contributed by atoms with van der Waals surface area (Å²) in [5.74, 6) is 0.493. The number of para-hydroxylation sites is 1. The Morgan fingerprint density at radius 3 is 2.62 bits per heavy atom. The predicted octanol–water partition coefficient (Wildman–Crippen LogP) is 7.18. The zero-order chi connectivity index (χ0) is 29.9. The smallest absolute Gasteiger partial charge is 0.406 e. The molecular weight excluding hydrogens is 565 g/mol. The minimum absolute atomic E-state index is 0.185. The fraction of sp³-hybridized carbons (Fsp3) is 0.267. The highest BCUT2D eigenvalue weighted by molar-refractivity contribution is 8.14. The molecule has 3 aromatic carbocycles. The van der Waals surface area contributed by atoms with Crippen LogP contribution in [0.25, 0.3) is 10.9 Å². The van der Waals surface area contributed by atoms with Crippen LogP contribution in [0.1, 0.15) is 47.8 Å². The molecule has 12 heteroatoms. The van der Waals surface area contributed by atoms with Crippen LogP contribution in [0, 0.1) is 0 Å². The van der Waals surface area contributed by atoms with Crippen molar-refractivity contribution in [3.63, 3.8) is 0 Å². The number of amidine groups is 1. The van der Waals surface area contributed by atoms with Gasteiger partial charge in [-0.1, -0.05) is 49.9 Å². The molecule has 0 spiro atoms. The number of carbonyl (C=O) groups is 1. The SMILES string of the molecule is CC(C)c1ccccc1N1CCCSC1=NN=Cc1ccc2c(C(=O)Nc3ccc(OC(F)(F)F)cc3)nn(C)c2c1. The summed E-state index contributed by atoms with van der Waals surface area (Å²) < 4.78 is 42.7. The Morgan fingerprint density at radius 2 is 1.88 bits per heavy atom. The fourth-order valence-electron chi connectivity index (χ4n) is 4.69. The van der Waals surface area contributed by atoms with E-state index < -0.39 is 12.3 Å². The number of alkyl halides is 3. The lowest BCUT2D eigenvalue weighted by molar-refractivity contribution is -0.274. The number of hydrogen-bond donors (Lipinski definition) is 1. The van der Waals surface area contributed by atoms with E-state index in [1.165, 1.54) is 17.7 Å². The van der Waals surface area contributed by atoms with Crippen molar-refractivity contribution >= 4 is 51.3 Å². The van der Waals surface area contributed by atoms with Gasteiger partial charge in [0.2, 0.25) is 0 Å². The lowest BCUT2D eigenvalue weighted by atomic mass is 10.0. The van der Waals surface area contributed by atoms with Crippen molar-refractivity contribution in [1.29, 1.82) is 0 Å². The zero-order valence-electron chi connectivity index (χ0n) is 23.2. The molecule has 1 fully saturated rings. The van der Waals surface area contributed by atoms with Crippen molar-refractivity contribution in [2.24, 2.45) is 17.3 Å². The molecule has 0 saturated carbocycles. The third-order valence-electron chi connectivity index (χ3n) is 6.62. The van der Waals surface area contributed by atoms with Crippen LogP contribution in [0.4, 0.5) is 24.5 Å². The molecule has 0 atom stereocenters. The molecule has 4 aromatic rings. The van der Waals surface area contributed by atoms with Crippen molar-refractivity contribution < 1.29 is 22.7 Å². The number of carbonyl (C=O) groups excluding carboxylic acids is 1. The summed E-state index contributed by atoms with van der Waals surface area (Å²) in [6.07, 6.45) is -2.06. The Kier molecular flexibility index (Phi) is 8.53. The molecule has 0 bridgehead atoms. The van der Waals surface area contributed by atoms with Crippen molar-refractivity contribution in [2.75, 3.05) is 22.5 Å². The fourth-order valence-corrected chi connectivity index (χ4v) is 5.59. The predicted molar refractivity (Wildman–Crippen MR) is 162 cm³/mol. The van der Waals surface area contributed by atoms with Crippen molar-refractivity contribution in [3.05, 3.63) is 83.6 Å². The lowest BCUT2D eigenvalue weighted by Crippen LogP contribution is -2.34. The van der Waals surface area contributed by atoms with E-state index in [2.05, 4.69) is 62.3 Å². The molecule has 1 saturated heterocycles. The Morgan fingerprint density at radius 1 is 1.12 bits per heavy atom. The molecule has 0 unspecified atom stereocenters. The minimum Gasteiger partial charge on any atom is -0.406 e. The highest BCUT2D eigenvalue weighted by Gasteiger charge is 2.31. The van der Waals surface area contributed by atoms with E-state index in [9.17, 15) is 18.0 Å². The highest BCUT2D eigenvalue weighted by Crippen LogP contribution is 2.32. The largest absolute Gasteiger partial charge is 0.573 e. The first-order chi connectivity index (χ1) is 20.1. The molecule has 218 valence electrons. The number of benzene rings is 3. The second kappa shape index (κ2) is 12.3. The molecule has 0 aliphatic carbocycles. The van der Waals surface area contributed by atoms with Gasteiger partial charge < -0.3 is 15.0 Å². The summed E-state index contributed by atoms with van der Waals surface area (Å²) >= 11 is 1.68. The van der Waals surface area contributed by atoms with Gasteiger partial charge in [0.05, 0.1) is 11.7 Å². The molecule has 2 heterocycles. The van der Waals surface area contributed by atoms with Crippen LogP contribution >= 0.6 is 11.8 Å². The van der Waals surface area contributed by atoms with Crippen molar-refractivity contribution in [2.45, 2.75) is 32.5 Å². The molecule has 42 heavy (non-hydrogen) atoms. The first kappa shape index (κ1) is 29.2. The molecule has 1 aromatic heterocycles. The van der Waals surface area contributed by atoms with Gasteiger partial charge in [-0.3, -0.25) is 9.48 Å². The van der Waals surface area contributed by atoms with Crippen LogP contribution < -0.4 is 15.0 Å². The Labute approximate surface area is 245 Å². The number of hydrogen-bond acceptors (Lipinski definition) is 6. The van der Waals surface area contributed by atoms with Gasteiger partial charge in [-0.05, 0) is 65.9 Å². The lowest BCUT2D eigenvalue weighted by Gasteiger charge is -2.31. The minimum atomic E-state index is -4.79. The highest BCUT2D eigenvalue weighted by atomic mass is 32.2. The number of nitrogens with zero attached hydrogens (tertiary/aromatic N) is 5. The van der Waals surface area contributed by atoms with E-state index in [-0.39, 0.29) is 11.4 Å². The third kappa shape index (κ3) is 6.76. The summed E-state index contributed by atoms with van der Waals surface area (Å²) in [6.45, 7) is 5.24. The number of rotatable bonds is 7. The van der Waals surface area contributed by atoms with E-state index in [4.69, 9.17) is 0 Å². The van der Waals surface area contributed by atoms with E-state index in [1.54, 1.807) is 35.8 Å². The normalized spacial score (nSPS) is 15.2. The molecule has 1 aliphatic rings. The maximum Gasteiger partial charge on any atom is 0.573 e. The average Bonchev–Trinajstić information content (AvgIpc) is 3.29.